The molecule has 164 valence electrons. The number of primary sulfonamides is 1. The second kappa shape index (κ2) is 7.94. The van der Waals surface area contributed by atoms with Crippen molar-refractivity contribution in [3.8, 4) is 0 Å². The molecule has 3 aromatic rings. The molecule has 3 N–H and O–H groups in total. The number of furan rings is 1. The molecule has 0 aliphatic carbocycles. The van der Waals surface area contributed by atoms with E-state index in [1.165, 1.54) is 36.4 Å². The Morgan fingerprint density at radius 3 is 2.19 bits per heavy atom. The van der Waals surface area contributed by atoms with Gasteiger partial charge in [-0.2, -0.15) is 0 Å². The van der Waals surface area contributed by atoms with Gasteiger partial charge < -0.3 is 9.52 Å². The Morgan fingerprint density at radius 1 is 1.03 bits per heavy atom. The van der Waals surface area contributed by atoms with Crippen LogP contribution in [0.4, 0.5) is 5.69 Å². The van der Waals surface area contributed by atoms with Crippen LogP contribution in [0.15, 0.2) is 75.5 Å². The van der Waals surface area contributed by atoms with Crippen molar-refractivity contribution in [3.05, 3.63) is 88.3 Å². The molecule has 2 heterocycles. The summed E-state index contributed by atoms with van der Waals surface area (Å²) < 4.78 is 28.8. The van der Waals surface area contributed by atoms with Crippen LogP contribution in [0.3, 0.4) is 0 Å². The summed E-state index contributed by atoms with van der Waals surface area (Å²) in [6.07, 6.45) is 0. The molecule has 1 saturated heterocycles. The number of Topliss-reactive ketones (excluding diaryl/α,β-unsaturated/α-hetero) is 1. The number of halogens is 1. The number of benzene rings is 2. The minimum absolute atomic E-state index is 0.149. The van der Waals surface area contributed by atoms with Crippen LogP contribution < -0.4 is 10.0 Å². The molecular weight excluding hydrogens is 456 g/mol. The van der Waals surface area contributed by atoms with E-state index in [9.17, 15) is 23.1 Å². The Labute approximate surface area is 188 Å². The van der Waals surface area contributed by atoms with Crippen LogP contribution in [0.1, 0.15) is 23.1 Å². The fourth-order valence-corrected chi connectivity index (χ4v) is 4.17. The third-order valence-electron chi connectivity index (χ3n) is 5.04. The van der Waals surface area contributed by atoms with E-state index in [1.54, 1.807) is 31.2 Å². The number of hydrogen-bond donors (Lipinski definition) is 2. The van der Waals surface area contributed by atoms with Crippen LogP contribution in [0.2, 0.25) is 5.02 Å². The lowest BCUT2D eigenvalue weighted by molar-refractivity contribution is -0.132. The molecular formula is C22H17ClN2O6S. The molecule has 1 amide bonds. The summed E-state index contributed by atoms with van der Waals surface area (Å²) in [7, 11) is -3.94. The Hall–Kier alpha value is -3.40. The fraction of sp³-hybridized carbons (Fsp3) is 0.0909. The van der Waals surface area contributed by atoms with Gasteiger partial charge in [-0.3, -0.25) is 14.5 Å². The first-order chi connectivity index (χ1) is 15.1. The first kappa shape index (κ1) is 21.8. The predicted molar refractivity (Wildman–Crippen MR) is 117 cm³/mol. The molecule has 0 spiro atoms. The van der Waals surface area contributed by atoms with Gasteiger partial charge in [-0.05, 0) is 67.6 Å². The molecule has 1 unspecified atom stereocenters. The summed E-state index contributed by atoms with van der Waals surface area (Å²) in [5.41, 5.74) is 0.362. The maximum Gasteiger partial charge on any atom is 0.300 e. The highest BCUT2D eigenvalue weighted by atomic mass is 35.5. The number of aliphatic hydroxyl groups excluding tert-OH is 1. The lowest BCUT2D eigenvalue weighted by Gasteiger charge is -2.23. The zero-order valence-electron chi connectivity index (χ0n) is 16.7. The zero-order valence-corrected chi connectivity index (χ0v) is 18.2. The van der Waals surface area contributed by atoms with Crippen molar-refractivity contribution in [1.82, 2.24) is 0 Å². The van der Waals surface area contributed by atoms with Crippen molar-refractivity contribution >= 4 is 44.8 Å². The Morgan fingerprint density at radius 2 is 1.66 bits per heavy atom. The number of ketones is 1. The van der Waals surface area contributed by atoms with Gasteiger partial charge in [0.25, 0.3) is 11.7 Å². The molecule has 32 heavy (non-hydrogen) atoms. The molecule has 1 fully saturated rings. The smallest absolute Gasteiger partial charge is 0.300 e. The minimum Gasteiger partial charge on any atom is -0.507 e. The van der Waals surface area contributed by atoms with Crippen molar-refractivity contribution in [2.75, 3.05) is 4.90 Å². The van der Waals surface area contributed by atoms with Crippen LogP contribution in [0.25, 0.3) is 5.76 Å². The number of carbonyl (C=O) groups excluding carboxylic acids is 2. The molecule has 0 bridgehead atoms. The van der Waals surface area contributed by atoms with Gasteiger partial charge >= 0.3 is 0 Å². The summed E-state index contributed by atoms with van der Waals surface area (Å²) in [5.74, 6) is -1.40. The summed E-state index contributed by atoms with van der Waals surface area (Å²) >= 11 is 5.91. The number of sulfonamides is 1. The van der Waals surface area contributed by atoms with E-state index in [-0.39, 0.29) is 27.7 Å². The lowest BCUT2D eigenvalue weighted by atomic mass is 9.99. The van der Waals surface area contributed by atoms with Crippen LogP contribution in [-0.4, -0.2) is 25.2 Å². The number of aryl methyl sites for hydroxylation is 1. The van der Waals surface area contributed by atoms with Crippen molar-refractivity contribution in [2.24, 2.45) is 5.14 Å². The molecule has 8 nitrogen and oxygen atoms in total. The van der Waals surface area contributed by atoms with E-state index in [4.69, 9.17) is 21.2 Å². The molecule has 1 aliphatic rings. The van der Waals surface area contributed by atoms with Gasteiger partial charge in [0.2, 0.25) is 10.0 Å². The Kier molecular flexibility index (Phi) is 5.41. The summed E-state index contributed by atoms with van der Waals surface area (Å²) in [4.78, 5) is 27.0. The number of rotatable bonds is 4. The first-order valence-electron chi connectivity index (χ1n) is 9.34. The standard InChI is InChI=1S/C22H17ClN2O6S/c1-12-2-11-17(31-12)19-18(20(26)13-3-5-14(23)6-4-13)21(27)22(28)25(19)15-7-9-16(10-8-15)32(24,29)30/h2-11,19,26H,1H3,(H2,24,29,30)/b20-18-. The third kappa shape index (κ3) is 3.81. The van der Waals surface area contributed by atoms with E-state index in [1.807, 2.05) is 0 Å². The summed E-state index contributed by atoms with van der Waals surface area (Å²) in [5, 5.41) is 16.5. The second-order valence-electron chi connectivity index (χ2n) is 7.16. The molecule has 0 radical (unpaired) electrons. The van der Waals surface area contributed by atoms with E-state index in [2.05, 4.69) is 0 Å². The van der Waals surface area contributed by atoms with E-state index in [0.29, 0.717) is 16.3 Å². The summed E-state index contributed by atoms with van der Waals surface area (Å²) in [6.45, 7) is 1.70. The topological polar surface area (TPSA) is 131 Å². The highest BCUT2D eigenvalue weighted by Crippen LogP contribution is 2.42. The molecule has 2 aromatic carbocycles. The van der Waals surface area contributed by atoms with Crippen molar-refractivity contribution in [3.63, 3.8) is 0 Å². The second-order valence-corrected chi connectivity index (χ2v) is 9.16. The maximum absolute atomic E-state index is 13.0. The average Bonchev–Trinajstić information content (AvgIpc) is 3.28. The number of anilines is 1. The van der Waals surface area contributed by atoms with E-state index >= 15 is 0 Å². The van der Waals surface area contributed by atoms with Crippen LogP contribution in [0, 0.1) is 6.92 Å². The number of amides is 1. The molecule has 10 heteroatoms. The van der Waals surface area contributed by atoms with E-state index < -0.39 is 27.8 Å². The van der Waals surface area contributed by atoms with Crippen LogP contribution in [0.5, 0.6) is 0 Å². The largest absolute Gasteiger partial charge is 0.507 e. The van der Waals surface area contributed by atoms with Crippen LogP contribution in [-0.2, 0) is 19.6 Å². The fourth-order valence-electron chi connectivity index (χ4n) is 3.53. The van der Waals surface area contributed by atoms with Gasteiger partial charge in [0, 0.05) is 16.3 Å². The van der Waals surface area contributed by atoms with Crippen molar-refractivity contribution in [1.29, 1.82) is 0 Å². The Balaban J connectivity index is 1.90. The average molecular weight is 473 g/mol. The minimum atomic E-state index is -3.94. The van der Waals surface area contributed by atoms with Crippen molar-refractivity contribution in [2.45, 2.75) is 17.9 Å². The highest BCUT2D eigenvalue weighted by Gasteiger charge is 2.48. The van der Waals surface area contributed by atoms with Gasteiger partial charge in [-0.15, -0.1) is 0 Å². The number of nitrogens with zero attached hydrogens (tertiary/aromatic N) is 1. The zero-order chi connectivity index (χ0) is 23.2. The van der Waals surface area contributed by atoms with Gasteiger partial charge in [0.05, 0.1) is 10.5 Å². The number of carbonyl (C=O) groups is 2. The first-order valence-corrected chi connectivity index (χ1v) is 11.3. The molecule has 0 saturated carbocycles. The molecule has 1 aliphatic heterocycles. The monoisotopic (exact) mass is 472 g/mol. The van der Waals surface area contributed by atoms with Crippen LogP contribution >= 0.6 is 11.6 Å². The molecule has 4 rings (SSSR count). The van der Waals surface area contributed by atoms with Crippen molar-refractivity contribution < 1.29 is 27.5 Å². The normalized spacial score (nSPS) is 18.3. The highest BCUT2D eigenvalue weighted by molar-refractivity contribution is 7.89. The lowest BCUT2D eigenvalue weighted by Crippen LogP contribution is -2.29. The number of nitrogens with two attached hydrogens (primary N) is 1. The molecule has 1 aromatic heterocycles. The van der Waals surface area contributed by atoms with Gasteiger partial charge in [0.15, 0.2) is 0 Å². The Bertz CT molecular complexity index is 1360. The van der Waals surface area contributed by atoms with Gasteiger partial charge in [-0.25, -0.2) is 13.6 Å². The number of aliphatic hydroxyl groups is 1. The molecule has 1 atom stereocenters. The van der Waals surface area contributed by atoms with E-state index in [0.717, 1.165) is 4.90 Å². The SMILES string of the molecule is Cc1ccc(C2/C(=C(/O)c3ccc(Cl)cc3)C(=O)C(=O)N2c2ccc(S(N)(=O)=O)cc2)o1. The predicted octanol–water partition coefficient (Wildman–Crippen LogP) is 3.52. The van der Waals surface area contributed by atoms with Gasteiger partial charge in [-0.1, -0.05) is 11.6 Å². The quantitative estimate of drug-likeness (QED) is 0.339. The number of hydrogen-bond acceptors (Lipinski definition) is 6. The summed E-state index contributed by atoms with van der Waals surface area (Å²) in [6, 6.07) is 13.5. The maximum atomic E-state index is 13.0. The van der Waals surface area contributed by atoms with Gasteiger partial charge in [0.1, 0.15) is 23.3 Å². The third-order valence-corrected chi connectivity index (χ3v) is 6.22.